The van der Waals surface area contributed by atoms with Crippen LogP contribution in [0, 0.1) is 0 Å². The first-order valence-corrected chi connectivity index (χ1v) is 8.62. The van der Waals surface area contributed by atoms with Gasteiger partial charge in [-0.25, -0.2) is 9.59 Å². The summed E-state index contributed by atoms with van der Waals surface area (Å²) in [4.78, 5) is 56.1. The first-order chi connectivity index (χ1) is 14.3. The van der Waals surface area contributed by atoms with Crippen molar-refractivity contribution in [1.29, 1.82) is 0 Å². The van der Waals surface area contributed by atoms with Crippen molar-refractivity contribution in [2.45, 2.75) is 12.5 Å². The number of benzene rings is 2. The maximum Gasteiger partial charge on any atom is 0.326 e. The van der Waals surface area contributed by atoms with Gasteiger partial charge in [0.05, 0.1) is 6.42 Å². The molecule has 3 N–H and O–H groups in total. The zero-order chi connectivity index (χ0) is 22.1. The molecule has 1 atom stereocenters. The van der Waals surface area contributed by atoms with E-state index in [0.29, 0.717) is 16.7 Å². The fourth-order valence-electron chi connectivity index (χ4n) is 2.43. The third-order valence-electron chi connectivity index (χ3n) is 3.90. The van der Waals surface area contributed by atoms with Crippen LogP contribution in [-0.2, 0) is 19.2 Å². The van der Waals surface area contributed by atoms with Gasteiger partial charge < -0.3 is 20.3 Å². The lowest BCUT2D eigenvalue weighted by Crippen LogP contribution is -2.44. The molecular weight excluding hydrogens is 394 g/mol. The van der Waals surface area contributed by atoms with Crippen LogP contribution in [0.25, 0.3) is 6.08 Å². The molecule has 0 saturated heterocycles. The van der Waals surface area contributed by atoms with Crippen LogP contribution in [0.5, 0.6) is 5.75 Å². The molecule has 0 aliphatic rings. The van der Waals surface area contributed by atoms with E-state index < -0.39 is 36.9 Å². The lowest BCUT2D eigenvalue weighted by atomic mass is 10.0. The Hall–Kier alpha value is -4.23. The van der Waals surface area contributed by atoms with E-state index in [4.69, 9.17) is 14.9 Å². The number of carboxylic acids is 2. The molecule has 0 aliphatic heterocycles. The highest BCUT2D eigenvalue weighted by Crippen LogP contribution is 2.16. The minimum Gasteiger partial charge on any atom is -0.484 e. The summed E-state index contributed by atoms with van der Waals surface area (Å²) in [6.07, 6.45) is 0.487. The molecule has 30 heavy (non-hydrogen) atoms. The van der Waals surface area contributed by atoms with E-state index in [1.165, 1.54) is 30.3 Å². The van der Waals surface area contributed by atoms with Gasteiger partial charge in [0.1, 0.15) is 17.7 Å². The fraction of sp³-hybridized carbons (Fsp3) is 0.143. The van der Waals surface area contributed by atoms with Gasteiger partial charge in [-0.2, -0.15) is 0 Å². The summed E-state index contributed by atoms with van der Waals surface area (Å²) in [5.74, 6) is -1.96. The second-order valence-corrected chi connectivity index (χ2v) is 6.08. The number of carbonyl (C=O) groups is 4. The van der Waals surface area contributed by atoms with E-state index in [1.54, 1.807) is 30.2 Å². The van der Waals surface area contributed by atoms with Crippen molar-refractivity contribution in [3.05, 3.63) is 65.2 Å². The SMILES string of the molecule is O=C=Cc1ccc(C(=O)c2ccc(OCC(=O)NC(CC(=O)O)C(=O)O)cc2)cc1. The Balaban J connectivity index is 1.94. The molecule has 2 rings (SSSR count). The van der Waals surface area contributed by atoms with Gasteiger partial charge in [-0.05, 0) is 29.8 Å². The van der Waals surface area contributed by atoms with Crippen molar-refractivity contribution in [1.82, 2.24) is 5.32 Å². The number of ether oxygens (including phenoxy) is 1. The van der Waals surface area contributed by atoms with E-state index in [-0.39, 0.29) is 11.5 Å². The Morgan fingerprint density at radius 2 is 1.53 bits per heavy atom. The molecule has 2 aromatic carbocycles. The van der Waals surface area contributed by atoms with Crippen LogP contribution in [0.1, 0.15) is 27.9 Å². The van der Waals surface area contributed by atoms with Crippen LogP contribution < -0.4 is 10.1 Å². The number of nitrogens with one attached hydrogen (secondary N) is 1. The minimum absolute atomic E-state index is 0.251. The third-order valence-corrected chi connectivity index (χ3v) is 3.90. The molecule has 0 fully saturated rings. The lowest BCUT2D eigenvalue weighted by molar-refractivity contribution is -0.147. The Morgan fingerprint density at radius 1 is 0.967 bits per heavy atom. The van der Waals surface area contributed by atoms with E-state index in [9.17, 15) is 24.0 Å². The molecule has 9 nitrogen and oxygen atoms in total. The normalized spacial score (nSPS) is 10.9. The number of hydrogen-bond acceptors (Lipinski definition) is 6. The van der Waals surface area contributed by atoms with Crippen LogP contribution in [-0.4, -0.2) is 52.4 Å². The van der Waals surface area contributed by atoms with Crippen LogP contribution in [0.15, 0.2) is 48.5 Å². The predicted octanol–water partition coefficient (Wildman–Crippen LogP) is 1.19. The zero-order valence-electron chi connectivity index (χ0n) is 15.5. The number of hydrogen-bond donors (Lipinski definition) is 3. The van der Waals surface area contributed by atoms with Crippen molar-refractivity contribution in [3.8, 4) is 5.75 Å². The molecule has 2 aromatic rings. The molecular formula is C21H17NO8. The smallest absolute Gasteiger partial charge is 0.326 e. The van der Waals surface area contributed by atoms with Gasteiger partial charge in [0.15, 0.2) is 12.4 Å². The van der Waals surface area contributed by atoms with Gasteiger partial charge >= 0.3 is 11.9 Å². The van der Waals surface area contributed by atoms with Crippen LogP contribution in [0.3, 0.4) is 0 Å². The van der Waals surface area contributed by atoms with Gasteiger partial charge in [0, 0.05) is 17.2 Å². The average molecular weight is 411 g/mol. The summed E-state index contributed by atoms with van der Waals surface area (Å²) < 4.78 is 5.23. The van der Waals surface area contributed by atoms with Gasteiger partial charge in [0.25, 0.3) is 5.91 Å². The molecule has 154 valence electrons. The van der Waals surface area contributed by atoms with E-state index >= 15 is 0 Å². The Bertz CT molecular complexity index is 989. The molecule has 0 radical (unpaired) electrons. The molecule has 1 amide bonds. The van der Waals surface area contributed by atoms with Crippen LogP contribution in [0.2, 0.25) is 0 Å². The molecule has 0 heterocycles. The highest BCUT2D eigenvalue weighted by molar-refractivity contribution is 6.09. The van der Waals surface area contributed by atoms with Crippen molar-refractivity contribution in [2.75, 3.05) is 6.61 Å². The van der Waals surface area contributed by atoms with E-state index in [1.807, 2.05) is 0 Å². The molecule has 0 bridgehead atoms. The van der Waals surface area contributed by atoms with E-state index in [2.05, 4.69) is 5.32 Å². The maximum atomic E-state index is 12.5. The number of amides is 1. The second kappa shape index (κ2) is 10.4. The Morgan fingerprint density at radius 3 is 2.03 bits per heavy atom. The molecule has 0 saturated carbocycles. The highest BCUT2D eigenvalue weighted by atomic mass is 16.5. The number of carbonyl (C=O) groups excluding carboxylic acids is 3. The molecule has 0 aromatic heterocycles. The van der Waals surface area contributed by atoms with E-state index in [0.717, 1.165) is 0 Å². The molecule has 0 aliphatic carbocycles. The van der Waals surface area contributed by atoms with Crippen LogP contribution >= 0.6 is 0 Å². The summed E-state index contributed by atoms with van der Waals surface area (Å²) >= 11 is 0. The fourth-order valence-corrected chi connectivity index (χ4v) is 2.43. The molecule has 9 heteroatoms. The van der Waals surface area contributed by atoms with Gasteiger partial charge in [-0.3, -0.25) is 14.4 Å². The topological polar surface area (TPSA) is 147 Å². The summed E-state index contributed by atoms with van der Waals surface area (Å²) in [7, 11) is 0. The van der Waals surface area contributed by atoms with Crippen LogP contribution in [0.4, 0.5) is 0 Å². The average Bonchev–Trinajstić information content (AvgIpc) is 2.72. The Kier molecular flexibility index (Phi) is 7.61. The quantitative estimate of drug-likeness (QED) is 0.390. The largest absolute Gasteiger partial charge is 0.484 e. The maximum absolute atomic E-state index is 12.5. The number of carboxylic acid groups (broad SMARTS) is 2. The highest BCUT2D eigenvalue weighted by Gasteiger charge is 2.23. The van der Waals surface area contributed by atoms with Crippen molar-refractivity contribution < 1.29 is 38.9 Å². The third kappa shape index (κ3) is 6.43. The monoisotopic (exact) mass is 411 g/mol. The summed E-state index contributed by atoms with van der Waals surface area (Å²) in [5.41, 5.74) is 1.42. The Labute approximate surface area is 170 Å². The summed E-state index contributed by atoms with van der Waals surface area (Å²) in [6, 6.07) is 10.8. The molecule has 1 unspecified atom stereocenters. The first kappa shape index (κ1) is 22.1. The first-order valence-electron chi connectivity index (χ1n) is 8.62. The van der Waals surface area contributed by atoms with Gasteiger partial charge in [-0.1, -0.05) is 24.3 Å². The predicted molar refractivity (Wildman–Crippen MR) is 104 cm³/mol. The standard InChI is InChI=1S/C21H17NO8/c23-10-9-13-1-3-14(4-2-13)20(27)15-5-7-16(8-6-15)30-12-18(24)22-17(21(28)29)11-19(25)26/h1-9,17H,11-12H2,(H,22,24)(H,25,26)(H,28,29). The van der Waals surface area contributed by atoms with Crippen molar-refractivity contribution in [3.63, 3.8) is 0 Å². The van der Waals surface area contributed by atoms with Gasteiger partial charge in [0.2, 0.25) is 0 Å². The van der Waals surface area contributed by atoms with Crippen molar-refractivity contribution in [2.24, 2.45) is 0 Å². The number of rotatable bonds is 10. The summed E-state index contributed by atoms with van der Waals surface area (Å²) in [5, 5.41) is 19.6. The second-order valence-electron chi connectivity index (χ2n) is 6.08. The zero-order valence-corrected chi connectivity index (χ0v) is 15.5. The molecule has 0 spiro atoms. The minimum atomic E-state index is -1.56. The van der Waals surface area contributed by atoms with Crippen molar-refractivity contribution >= 4 is 35.6 Å². The lowest BCUT2D eigenvalue weighted by Gasteiger charge is -2.13. The number of aliphatic carboxylic acids is 2. The van der Waals surface area contributed by atoms with Gasteiger partial charge in [-0.15, -0.1) is 0 Å². The summed E-state index contributed by atoms with van der Waals surface area (Å²) in [6.45, 7) is -0.525. The number of ketones is 1.